The highest BCUT2D eigenvalue weighted by Crippen LogP contribution is 2.13. The Hall–Kier alpha value is -1.19. The quantitative estimate of drug-likeness (QED) is 0.271. The molecule has 0 aromatic heterocycles. The summed E-state index contributed by atoms with van der Waals surface area (Å²) in [4.78, 5) is 18.2. The molecule has 0 saturated heterocycles. The summed E-state index contributed by atoms with van der Waals surface area (Å²) in [7, 11) is -3.64. The maximum Gasteiger partial charge on any atom is 0.333 e. The Balaban J connectivity index is 0. The summed E-state index contributed by atoms with van der Waals surface area (Å²) in [5.74, 6) is -0.435. The molecule has 15 heavy (non-hydrogen) atoms. The molecule has 7 nitrogen and oxygen atoms in total. The number of nitrogens with zero attached hydrogens (tertiary/aromatic N) is 1. The van der Waals surface area contributed by atoms with Gasteiger partial charge in [-0.1, -0.05) is 6.58 Å². The maximum atomic E-state index is 10.6. The predicted molar refractivity (Wildman–Crippen MR) is 54.2 cm³/mol. The van der Waals surface area contributed by atoms with Gasteiger partial charge in [0.05, 0.1) is 12.5 Å². The van der Waals surface area contributed by atoms with E-state index in [-0.39, 0.29) is 13.0 Å². The summed E-state index contributed by atoms with van der Waals surface area (Å²) >= 11 is 0. The van der Waals surface area contributed by atoms with Gasteiger partial charge in [0.15, 0.2) is 0 Å². The third-order valence-corrected chi connectivity index (χ3v) is 0.795. The molecule has 8 heteroatoms. The average Bonchev–Trinajstić information content (AvgIpc) is 2.01. The lowest BCUT2D eigenvalue weighted by Crippen LogP contribution is -2.05. The normalized spacial score (nSPS) is 9.27. The number of carbonyl (C=O) groups is 1. The van der Waals surface area contributed by atoms with Gasteiger partial charge in [0.2, 0.25) is 0 Å². The van der Waals surface area contributed by atoms with Crippen LogP contribution in [0.1, 0.15) is 13.3 Å². The van der Waals surface area contributed by atoms with Gasteiger partial charge in [-0.05, 0) is 6.92 Å². The SMILES string of the molecule is C=C(C)C(=O)OCCC#N.NP(N)(=O)O. The van der Waals surface area contributed by atoms with Crippen molar-refractivity contribution in [3.05, 3.63) is 12.2 Å². The Kier molecular flexibility index (Phi) is 8.82. The summed E-state index contributed by atoms with van der Waals surface area (Å²) < 4.78 is 13.9. The van der Waals surface area contributed by atoms with Crippen molar-refractivity contribution in [1.29, 1.82) is 5.26 Å². The van der Waals surface area contributed by atoms with Crippen LogP contribution in [0.15, 0.2) is 12.2 Å². The zero-order chi connectivity index (χ0) is 12.5. The summed E-state index contributed by atoms with van der Waals surface area (Å²) in [5, 5.41) is 8.05. The van der Waals surface area contributed by atoms with Crippen LogP contribution in [0.2, 0.25) is 0 Å². The van der Waals surface area contributed by atoms with E-state index in [1.165, 1.54) is 0 Å². The molecular weight excluding hydrogens is 221 g/mol. The van der Waals surface area contributed by atoms with Crippen molar-refractivity contribution in [1.82, 2.24) is 0 Å². The summed E-state index contributed by atoms with van der Waals surface area (Å²) in [5.41, 5.74) is 8.85. The molecule has 86 valence electrons. The Morgan fingerprint density at radius 1 is 1.67 bits per heavy atom. The molecule has 5 N–H and O–H groups in total. The second-order valence-electron chi connectivity index (χ2n) is 2.50. The van der Waals surface area contributed by atoms with Crippen molar-refractivity contribution in [3.8, 4) is 6.07 Å². The maximum absolute atomic E-state index is 10.6. The van der Waals surface area contributed by atoms with E-state index in [1.807, 2.05) is 6.07 Å². The molecule has 0 atom stereocenters. The molecule has 0 aromatic carbocycles. The van der Waals surface area contributed by atoms with E-state index in [9.17, 15) is 9.36 Å². The van der Waals surface area contributed by atoms with Crippen molar-refractivity contribution in [2.45, 2.75) is 13.3 Å². The molecule has 0 saturated carbocycles. The highest BCUT2D eigenvalue weighted by Gasteiger charge is 2.00. The van der Waals surface area contributed by atoms with Gasteiger partial charge in [-0.15, -0.1) is 0 Å². The lowest BCUT2D eigenvalue weighted by atomic mass is 10.4. The smallest absolute Gasteiger partial charge is 0.333 e. The molecule has 0 aliphatic carbocycles. The fourth-order valence-electron chi connectivity index (χ4n) is 0.313. The first kappa shape index (κ1) is 16.2. The van der Waals surface area contributed by atoms with Gasteiger partial charge in [0.25, 0.3) is 0 Å². The molecule has 0 aromatic rings. The van der Waals surface area contributed by atoms with Crippen molar-refractivity contribution >= 4 is 13.6 Å². The molecule has 0 aliphatic rings. The molecular formula is C7H14N3O4P. The van der Waals surface area contributed by atoms with Crippen LogP contribution >= 0.6 is 7.67 Å². The fraction of sp³-hybridized carbons (Fsp3) is 0.429. The predicted octanol–water partition coefficient (Wildman–Crippen LogP) is 0.0236. The standard InChI is InChI=1S/C7H9NO2.H5N2O2P/c1-6(2)7(9)10-5-3-4-8;1-5(2,3)4/h1,3,5H2,2H3;(H5,1,2,3,4). The average molecular weight is 235 g/mol. The van der Waals surface area contributed by atoms with Gasteiger partial charge in [-0.2, -0.15) is 5.26 Å². The topological polar surface area (TPSA) is 139 Å². The minimum Gasteiger partial charge on any atom is -0.461 e. The number of nitrogens with two attached hydrogens (primary N) is 2. The molecule has 0 bridgehead atoms. The highest BCUT2D eigenvalue weighted by molar-refractivity contribution is 7.52. The van der Waals surface area contributed by atoms with E-state index in [0.29, 0.717) is 5.57 Å². The molecule has 0 unspecified atom stereocenters. The van der Waals surface area contributed by atoms with E-state index in [2.05, 4.69) is 22.3 Å². The first-order chi connectivity index (χ1) is 6.68. The first-order valence-electron chi connectivity index (χ1n) is 3.78. The molecule has 0 amide bonds. The van der Waals surface area contributed by atoms with Crippen LogP contribution in [-0.4, -0.2) is 17.5 Å². The van der Waals surface area contributed by atoms with E-state index in [4.69, 9.17) is 10.2 Å². The number of ether oxygens (including phenoxy) is 1. The lowest BCUT2D eigenvalue weighted by molar-refractivity contribution is -0.138. The first-order valence-corrected chi connectivity index (χ1v) is 5.57. The van der Waals surface area contributed by atoms with Crippen molar-refractivity contribution < 1.29 is 19.0 Å². The molecule has 0 spiro atoms. The van der Waals surface area contributed by atoms with Crippen LogP contribution in [0.3, 0.4) is 0 Å². The minimum atomic E-state index is -3.64. The van der Waals surface area contributed by atoms with Crippen LogP contribution in [0.5, 0.6) is 0 Å². The number of nitriles is 1. The second-order valence-corrected chi connectivity index (χ2v) is 3.84. The van der Waals surface area contributed by atoms with Crippen molar-refractivity contribution in [2.24, 2.45) is 11.0 Å². The van der Waals surface area contributed by atoms with E-state index in [0.717, 1.165) is 0 Å². The molecule has 0 aliphatic heterocycles. The van der Waals surface area contributed by atoms with Gasteiger partial charge < -0.3 is 9.63 Å². The molecule has 0 fully saturated rings. The zero-order valence-electron chi connectivity index (χ0n) is 8.34. The Labute approximate surface area is 87.9 Å². The Morgan fingerprint density at radius 2 is 2.07 bits per heavy atom. The van der Waals surface area contributed by atoms with Gasteiger partial charge in [-0.25, -0.2) is 15.8 Å². The van der Waals surface area contributed by atoms with Crippen LogP contribution in [0.25, 0.3) is 0 Å². The number of esters is 1. The third kappa shape index (κ3) is 24.5. The van der Waals surface area contributed by atoms with Gasteiger partial charge in [-0.3, -0.25) is 4.57 Å². The highest BCUT2D eigenvalue weighted by atomic mass is 31.2. The van der Waals surface area contributed by atoms with Gasteiger partial charge in [0.1, 0.15) is 6.61 Å². The van der Waals surface area contributed by atoms with E-state index in [1.54, 1.807) is 6.92 Å². The van der Waals surface area contributed by atoms with Crippen LogP contribution in [0, 0.1) is 11.3 Å². The van der Waals surface area contributed by atoms with Gasteiger partial charge in [0, 0.05) is 5.57 Å². The van der Waals surface area contributed by atoms with E-state index >= 15 is 0 Å². The van der Waals surface area contributed by atoms with Crippen LogP contribution < -0.4 is 11.0 Å². The Morgan fingerprint density at radius 3 is 2.33 bits per heavy atom. The van der Waals surface area contributed by atoms with E-state index < -0.39 is 13.6 Å². The lowest BCUT2D eigenvalue weighted by Gasteiger charge is -1.98. The molecule has 0 rings (SSSR count). The van der Waals surface area contributed by atoms with Crippen molar-refractivity contribution in [2.75, 3.05) is 6.61 Å². The molecule has 0 heterocycles. The zero-order valence-corrected chi connectivity index (χ0v) is 9.24. The summed E-state index contributed by atoms with van der Waals surface area (Å²) in [6.45, 7) is 5.10. The number of hydrogen-bond acceptors (Lipinski definition) is 4. The Bertz CT molecular complexity index is 296. The summed E-state index contributed by atoms with van der Waals surface area (Å²) in [6, 6.07) is 1.86. The number of hydrogen-bond donors (Lipinski definition) is 3. The molecule has 0 radical (unpaired) electrons. The third-order valence-electron chi connectivity index (χ3n) is 0.795. The number of rotatable bonds is 3. The largest absolute Gasteiger partial charge is 0.461 e. The van der Waals surface area contributed by atoms with Gasteiger partial charge >= 0.3 is 13.6 Å². The fourth-order valence-corrected chi connectivity index (χ4v) is 0.313. The van der Waals surface area contributed by atoms with Crippen LogP contribution in [0.4, 0.5) is 0 Å². The minimum absolute atomic E-state index is 0.155. The number of carbonyl (C=O) groups excluding carboxylic acids is 1. The monoisotopic (exact) mass is 235 g/mol. The van der Waals surface area contributed by atoms with Crippen LogP contribution in [-0.2, 0) is 14.1 Å². The summed E-state index contributed by atoms with van der Waals surface area (Å²) in [6.07, 6.45) is 0.235. The second kappa shape index (κ2) is 8.15. The van der Waals surface area contributed by atoms with Crippen molar-refractivity contribution in [3.63, 3.8) is 0 Å².